The number of benzene rings is 2. The van der Waals surface area contributed by atoms with Gasteiger partial charge in [-0.2, -0.15) is 4.98 Å². The Bertz CT molecular complexity index is 1310. The summed E-state index contributed by atoms with van der Waals surface area (Å²) in [6.45, 7) is 2.68. The Balaban J connectivity index is 1.31. The van der Waals surface area contributed by atoms with Crippen LogP contribution in [0.1, 0.15) is 31.2 Å². The van der Waals surface area contributed by atoms with Gasteiger partial charge in [-0.3, -0.25) is 0 Å². The van der Waals surface area contributed by atoms with Crippen molar-refractivity contribution in [3.05, 3.63) is 52.8 Å². The molecule has 4 rings (SSSR count). The first-order valence-corrected chi connectivity index (χ1v) is 13.6. The molecule has 1 aliphatic carbocycles. The Labute approximate surface area is 211 Å². The van der Waals surface area contributed by atoms with Gasteiger partial charge in [0, 0.05) is 37.6 Å². The van der Waals surface area contributed by atoms with E-state index in [1.54, 1.807) is 6.92 Å². The minimum Gasteiger partial charge on any atom is -0.362 e. The quantitative estimate of drug-likeness (QED) is 0.436. The number of fused-ring (bicyclic) bond motifs is 1. The fraction of sp³-hybridized carbons (Fsp3) is 0.440. The average Bonchev–Trinajstić information content (AvgIpc) is 2.83. The summed E-state index contributed by atoms with van der Waals surface area (Å²) >= 11 is 5.97. The van der Waals surface area contributed by atoms with Gasteiger partial charge in [-0.05, 0) is 74.3 Å². The van der Waals surface area contributed by atoms with Gasteiger partial charge in [0.05, 0.1) is 10.4 Å². The van der Waals surface area contributed by atoms with Crippen molar-refractivity contribution in [2.45, 2.75) is 37.5 Å². The number of nitrogens with one attached hydrogen (secondary N) is 2. The van der Waals surface area contributed by atoms with Gasteiger partial charge in [0.1, 0.15) is 11.6 Å². The standard InChI is InChI=1S/C25H31ClFN5O2S/c1-16-21(26)12-19(27)13-23(16)35(33,34)29-15-18-10-8-17(9-11-18)14-28-25-30-22-7-5-4-6-20(22)24(31-25)32(2)3/h4-7,12-13,17-18,29H,8-11,14-15H2,1-3H3,(H,28,30,31)/t17-,18-. The SMILES string of the molecule is Cc1c(Cl)cc(F)cc1S(=O)(=O)NC[C@H]1CC[C@H](CNc2nc(N(C)C)c3ccccc3n2)CC1. The highest BCUT2D eigenvalue weighted by Gasteiger charge is 2.25. The van der Waals surface area contributed by atoms with Crippen LogP contribution in [0.4, 0.5) is 16.2 Å². The summed E-state index contributed by atoms with van der Waals surface area (Å²) < 4.78 is 41.8. The van der Waals surface area contributed by atoms with Crippen LogP contribution in [0.3, 0.4) is 0 Å². The van der Waals surface area contributed by atoms with E-state index < -0.39 is 15.8 Å². The third-order valence-corrected chi connectivity index (χ3v) is 8.58. The second-order valence-electron chi connectivity index (χ2n) is 9.41. The number of hydrogen-bond donors (Lipinski definition) is 2. The number of hydrogen-bond acceptors (Lipinski definition) is 6. The summed E-state index contributed by atoms with van der Waals surface area (Å²) in [5, 5.41) is 4.52. The van der Waals surface area contributed by atoms with Crippen LogP contribution in [0.2, 0.25) is 5.02 Å². The van der Waals surface area contributed by atoms with Crippen LogP contribution >= 0.6 is 11.6 Å². The van der Waals surface area contributed by atoms with Crippen molar-refractivity contribution in [2.75, 3.05) is 37.4 Å². The smallest absolute Gasteiger partial charge is 0.240 e. The molecule has 35 heavy (non-hydrogen) atoms. The Morgan fingerprint density at radius 2 is 1.71 bits per heavy atom. The van der Waals surface area contributed by atoms with Crippen LogP contribution < -0.4 is 14.9 Å². The number of anilines is 2. The third kappa shape index (κ3) is 6.02. The average molecular weight is 520 g/mol. The Morgan fingerprint density at radius 3 is 2.40 bits per heavy atom. The van der Waals surface area contributed by atoms with Crippen molar-refractivity contribution in [3.63, 3.8) is 0 Å². The molecule has 1 heterocycles. The third-order valence-electron chi connectivity index (χ3n) is 6.63. The van der Waals surface area contributed by atoms with E-state index in [4.69, 9.17) is 16.6 Å². The maximum Gasteiger partial charge on any atom is 0.240 e. The van der Waals surface area contributed by atoms with E-state index in [1.807, 2.05) is 43.3 Å². The van der Waals surface area contributed by atoms with E-state index in [-0.39, 0.29) is 15.8 Å². The van der Waals surface area contributed by atoms with E-state index >= 15 is 0 Å². The molecule has 188 valence electrons. The molecule has 0 unspecified atom stereocenters. The molecular weight excluding hydrogens is 489 g/mol. The molecule has 0 radical (unpaired) electrons. The summed E-state index contributed by atoms with van der Waals surface area (Å²) in [5.41, 5.74) is 1.25. The molecule has 7 nitrogen and oxygen atoms in total. The molecule has 0 saturated heterocycles. The summed E-state index contributed by atoms with van der Waals surface area (Å²) in [6.07, 6.45) is 3.80. The second kappa shape index (κ2) is 10.6. The lowest BCUT2D eigenvalue weighted by Gasteiger charge is -2.29. The molecule has 2 N–H and O–H groups in total. The van der Waals surface area contributed by atoms with Crippen LogP contribution in [-0.4, -0.2) is 45.6 Å². The molecule has 0 bridgehead atoms. The monoisotopic (exact) mass is 519 g/mol. The number of rotatable bonds is 8. The van der Waals surface area contributed by atoms with Gasteiger partial charge >= 0.3 is 0 Å². The maximum absolute atomic E-state index is 13.7. The van der Waals surface area contributed by atoms with Gasteiger partial charge < -0.3 is 10.2 Å². The zero-order chi connectivity index (χ0) is 25.2. The van der Waals surface area contributed by atoms with Gasteiger partial charge in [0.15, 0.2) is 0 Å². The molecule has 0 spiro atoms. The normalized spacial score (nSPS) is 18.5. The van der Waals surface area contributed by atoms with Crippen LogP contribution in [-0.2, 0) is 10.0 Å². The van der Waals surface area contributed by atoms with Crippen molar-refractivity contribution in [2.24, 2.45) is 11.8 Å². The van der Waals surface area contributed by atoms with Gasteiger partial charge in [-0.1, -0.05) is 23.7 Å². The minimum absolute atomic E-state index is 0.103. The van der Waals surface area contributed by atoms with Gasteiger partial charge in [0.2, 0.25) is 16.0 Å². The lowest BCUT2D eigenvalue weighted by atomic mass is 9.82. The number of aromatic nitrogens is 2. The van der Waals surface area contributed by atoms with Crippen LogP contribution in [0.5, 0.6) is 0 Å². The summed E-state index contributed by atoms with van der Waals surface area (Å²) in [7, 11) is 0.109. The topological polar surface area (TPSA) is 87.2 Å². The Kier molecular flexibility index (Phi) is 7.78. The molecule has 0 aliphatic heterocycles. The summed E-state index contributed by atoms with van der Waals surface area (Å²) in [6, 6.07) is 10.1. The molecule has 1 aliphatic rings. The zero-order valence-electron chi connectivity index (χ0n) is 20.2. The lowest BCUT2D eigenvalue weighted by molar-refractivity contribution is 0.284. The van der Waals surface area contributed by atoms with Crippen molar-refractivity contribution in [1.82, 2.24) is 14.7 Å². The number of halogens is 2. The molecule has 3 aromatic rings. The van der Waals surface area contributed by atoms with Crippen molar-refractivity contribution in [3.8, 4) is 0 Å². The molecule has 0 atom stereocenters. The van der Waals surface area contributed by atoms with E-state index in [0.29, 0.717) is 24.0 Å². The molecule has 1 aromatic heterocycles. The fourth-order valence-corrected chi connectivity index (χ4v) is 6.22. The maximum atomic E-state index is 13.7. The van der Waals surface area contributed by atoms with E-state index in [2.05, 4.69) is 15.0 Å². The fourth-order valence-electron chi connectivity index (χ4n) is 4.56. The Hall–Kier alpha value is -2.49. The van der Waals surface area contributed by atoms with Crippen LogP contribution in [0.25, 0.3) is 10.9 Å². The van der Waals surface area contributed by atoms with Gasteiger partial charge in [0.25, 0.3) is 0 Å². The highest BCUT2D eigenvalue weighted by molar-refractivity contribution is 7.89. The minimum atomic E-state index is -3.83. The van der Waals surface area contributed by atoms with Crippen molar-refractivity contribution < 1.29 is 12.8 Å². The van der Waals surface area contributed by atoms with Gasteiger partial charge in [-0.25, -0.2) is 22.5 Å². The lowest BCUT2D eigenvalue weighted by Crippen LogP contribution is -2.32. The first-order chi connectivity index (χ1) is 16.6. The molecule has 0 amide bonds. The first kappa shape index (κ1) is 25.6. The summed E-state index contributed by atoms with van der Waals surface area (Å²) in [5.74, 6) is 1.53. The molecular formula is C25H31ClFN5O2S. The molecule has 1 saturated carbocycles. The summed E-state index contributed by atoms with van der Waals surface area (Å²) in [4.78, 5) is 11.2. The van der Waals surface area contributed by atoms with Crippen LogP contribution in [0.15, 0.2) is 41.3 Å². The first-order valence-electron chi connectivity index (χ1n) is 11.8. The molecule has 10 heteroatoms. The number of nitrogens with zero attached hydrogens (tertiary/aromatic N) is 3. The molecule has 1 fully saturated rings. The van der Waals surface area contributed by atoms with Crippen molar-refractivity contribution in [1.29, 1.82) is 0 Å². The van der Waals surface area contributed by atoms with Crippen molar-refractivity contribution >= 4 is 44.3 Å². The number of sulfonamides is 1. The molecule has 2 aromatic carbocycles. The zero-order valence-corrected chi connectivity index (χ0v) is 21.8. The van der Waals surface area contributed by atoms with Crippen LogP contribution in [0, 0.1) is 24.6 Å². The highest BCUT2D eigenvalue weighted by Crippen LogP contribution is 2.30. The highest BCUT2D eigenvalue weighted by atomic mass is 35.5. The predicted octanol–water partition coefficient (Wildman–Crippen LogP) is 4.99. The Morgan fingerprint density at radius 1 is 1.06 bits per heavy atom. The van der Waals surface area contributed by atoms with Gasteiger partial charge in [-0.15, -0.1) is 0 Å². The van der Waals surface area contributed by atoms with E-state index in [0.717, 1.165) is 61.1 Å². The number of para-hydroxylation sites is 1. The second-order valence-corrected chi connectivity index (χ2v) is 11.6. The van der Waals surface area contributed by atoms with E-state index in [9.17, 15) is 12.8 Å². The van der Waals surface area contributed by atoms with E-state index in [1.165, 1.54) is 0 Å². The predicted molar refractivity (Wildman–Crippen MR) is 139 cm³/mol. The largest absolute Gasteiger partial charge is 0.362 e.